The first-order valence-electron chi connectivity index (χ1n) is 39.4. The molecule has 23 nitrogen and oxygen atoms in total. The van der Waals surface area contributed by atoms with E-state index >= 15 is 0 Å². The highest BCUT2D eigenvalue weighted by atomic mass is 19.4. The molecule has 1 saturated carbocycles. The lowest BCUT2D eigenvalue weighted by Crippen LogP contribution is -2.65. The molecule has 6 aromatic rings. The molecule has 9 heterocycles. The average molecular weight is 1540 g/mol. The van der Waals surface area contributed by atoms with Crippen molar-refractivity contribution in [2.24, 2.45) is 5.92 Å². The van der Waals surface area contributed by atoms with Crippen LogP contribution in [0.1, 0.15) is 225 Å². The Morgan fingerprint density at radius 1 is 0.495 bits per heavy atom. The number of benzene rings is 3. The van der Waals surface area contributed by atoms with Crippen molar-refractivity contribution in [1.29, 1.82) is 0 Å². The number of ether oxygens (including phenoxy) is 3. The zero-order chi connectivity index (χ0) is 79.2. The van der Waals surface area contributed by atoms with Crippen LogP contribution in [0, 0.1) is 5.92 Å². The molecule has 4 fully saturated rings. The number of aromatic nitrogens is 6. The molecule has 0 bridgehead atoms. The molecular formula is C82H100F6N12O11. The van der Waals surface area contributed by atoms with E-state index in [-0.39, 0.29) is 131 Å². The van der Waals surface area contributed by atoms with Crippen molar-refractivity contribution in [2.45, 2.75) is 243 Å². The fraction of sp³-hybridized carbons (Fsp3) is 0.573. The van der Waals surface area contributed by atoms with Gasteiger partial charge in [0.1, 0.15) is 33.7 Å². The smallest absolute Gasteiger partial charge is 0.410 e. The van der Waals surface area contributed by atoms with Gasteiger partial charge < -0.3 is 57.7 Å². The Kier molecular flexibility index (Phi) is 22.8. The summed E-state index contributed by atoms with van der Waals surface area (Å²) in [5.74, 6) is 2.47. The lowest BCUT2D eigenvalue weighted by molar-refractivity contribution is -0.140. The van der Waals surface area contributed by atoms with Crippen LogP contribution in [0.4, 0.5) is 57.8 Å². The molecule has 1 N–H and O–H groups in total. The summed E-state index contributed by atoms with van der Waals surface area (Å²) < 4.78 is 96.7. The molecule has 10 aliphatic rings. The number of nitrogens with zero attached hydrogens (tertiary/aromatic N) is 11. The van der Waals surface area contributed by atoms with Gasteiger partial charge in [-0.15, -0.1) is 0 Å². The Bertz CT molecular complexity index is 4520. The van der Waals surface area contributed by atoms with Crippen molar-refractivity contribution in [2.75, 3.05) is 67.2 Å². The second kappa shape index (κ2) is 31.9. The normalized spacial score (nSPS) is 21.4. The van der Waals surface area contributed by atoms with Gasteiger partial charge in [-0.2, -0.15) is 26.3 Å². The van der Waals surface area contributed by atoms with Gasteiger partial charge in [-0.1, -0.05) is 82.3 Å². The first kappa shape index (κ1) is 79.5. The third-order valence-corrected chi connectivity index (χ3v) is 23.7. The molecular weight excluding hydrogens is 1440 g/mol. The zero-order valence-corrected chi connectivity index (χ0v) is 64.5. The molecule has 16 rings (SSSR count). The molecule has 3 spiro atoms. The van der Waals surface area contributed by atoms with Gasteiger partial charge in [-0.3, -0.25) is 24.0 Å². The number of imidazole rings is 3. The molecule has 596 valence electrons. The van der Waals surface area contributed by atoms with E-state index in [1.54, 1.807) is 42.4 Å². The lowest BCUT2D eigenvalue weighted by atomic mass is 9.75. The van der Waals surface area contributed by atoms with E-state index in [0.29, 0.717) is 50.2 Å². The monoisotopic (exact) mass is 1540 g/mol. The van der Waals surface area contributed by atoms with Gasteiger partial charge in [0, 0.05) is 129 Å². The number of anilines is 3. The number of halogens is 6. The van der Waals surface area contributed by atoms with Gasteiger partial charge in [0.15, 0.2) is 5.78 Å². The number of rotatable bonds is 15. The molecule has 3 aromatic carbocycles. The van der Waals surface area contributed by atoms with Crippen LogP contribution in [0.2, 0.25) is 0 Å². The van der Waals surface area contributed by atoms with E-state index in [1.165, 1.54) is 21.9 Å². The number of alkyl halides is 6. The third-order valence-electron chi connectivity index (χ3n) is 23.7. The Morgan fingerprint density at radius 2 is 0.865 bits per heavy atom. The maximum Gasteiger partial charge on any atom is 0.410 e. The summed E-state index contributed by atoms with van der Waals surface area (Å²) in [6, 6.07) is 23.0. The standard InChI is InChI=1S/C27H33F3N4O3.C26H31F3N4O3.C22H26N4O3.C7H10O2/c1-17(2)37-25(36)32-15-26(16-32)19-9-4-5-10-20(19)34(24(26)35)14-22-31-23-18(3)8-6-11-21(23)33(22)13-7-12-27(28,29)30;1-3-36-24(35)31-15-25(16-31)18-9-4-5-10-19(18)33(23(25)34)14-21-30-22-17(2)8-6-11-20(22)32(21)13-7-12-26(27,28)29;1-3-29-21(28)25-12-22(13-25)15-8-4-5-10-17(15)26(20(22)27)11-18-23-16-9-6-7-14(2)19(16)24-18;1-5-3-2-4-6(8)7(5)9/h4-5,9-10,17-18H,6-8,11-16H2,1-3H3;4-5,9-10,17H,3,6-8,11-16H2,1-2H3;4-5,8,10,14H,3,6-7,9,11-13H2,1-2H3,(H,23,24);5H,2-4H2,1H3. The summed E-state index contributed by atoms with van der Waals surface area (Å²) in [6.45, 7) is 18.8. The molecule has 4 atom stereocenters. The van der Waals surface area contributed by atoms with Crippen LogP contribution in [0.15, 0.2) is 72.8 Å². The number of H-pyrrole nitrogens is 1. The van der Waals surface area contributed by atoms with E-state index in [1.807, 2.05) is 93.8 Å². The summed E-state index contributed by atoms with van der Waals surface area (Å²) in [4.78, 5) is 127. The molecule has 6 aliphatic heterocycles. The second-order valence-corrected chi connectivity index (χ2v) is 31.8. The highest BCUT2D eigenvalue weighted by Crippen LogP contribution is 2.52. The van der Waals surface area contributed by atoms with E-state index in [0.717, 1.165) is 132 Å². The summed E-state index contributed by atoms with van der Waals surface area (Å²) in [5, 5.41) is 0. The van der Waals surface area contributed by atoms with Crippen molar-refractivity contribution >= 4 is 64.6 Å². The molecule has 6 amide bonds. The summed E-state index contributed by atoms with van der Waals surface area (Å²) in [7, 11) is 0. The van der Waals surface area contributed by atoms with Gasteiger partial charge in [0.25, 0.3) is 0 Å². The van der Waals surface area contributed by atoms with Gasteiger partial charge in [-0.25, -0.2) is 29.3 Å². The largest absolute Gasteiger partial charge is 0.450 e. The molecule has 4 aliphatic carbocycles. The number of aromatic amines is 1. The summed E-state index contributed by atoms with van der Waals surface area (Å²) in [5.41, 5.74) is 9.08. The first-order chi connectivity index (χ1) is 52.9. The van der Waals surface area contributed by atoms with Crippen LogP contribution in [0.25, 0.3) is 0 Å². The van der Waals surface area contributed by atoms with Crippen LogP contribution >= 0.6 is 0 Å². The highest BCUT2D eigenvalue weighted by Gasteiger charge is 2.62. The van der Waals surface area contributed by atoms with Crippen LogP contribution < -0.4 is 14.7 Å². The molecule has 111 heavy (non-hydrogen) atoms. The number of carbonyl (C=O) groups excluding carboxylic acids is 8. The number of amides is 6. The van der Waals surface area contributed by atoms with Crippen LogP contribution in [0.5, 0.6) is 0 Å². The van der Waals surface area contributed by atoms with E-state index in [2.05, 4.69) is 25.8 Å². The lowest BCUT2D eigenvalue weighted by Gasteiger charge is -2.46. The van der Waals surface area contributed by atoms with Crippen molar-refractivity contribution in [3.8, 4) is 0 Å². The van der Waals surface area contributed by atoms with Crippen molar-refractivity contribution in [3.05, 3.63) is 141 Å². The predicted octanol–water partition coefficient (Wildman–Crippen LogP) is 14.3. The maximum absolute atomic E-state index is 13.9. The molecule has 3 saturated heterocycles. The molecule has 29 heteroatoms. The SMILES string of the molecule is CC(C)OC(=O)N1CC2(C1)C(=O)N(Cc1nc3c(n1CCCC(F)(F)F)CCCC3C)c1ccccc12.CC1CCCC(=O)C1=O.CCOC(=O)N1CC2(C1)C(=O)N(Cc1nc3c([nH]1)CCCC3C)c1ccccc12.CCOC(=O)N1CC2(C1)C(=O)N(Cc1nc3c(n1CCCC(F)(F)F)CCCC3C)c1ccccc12. The van der Waals surface area contributed by atoms with Crippen LogP contribution in [-0.2, 0) is 106 Å². The Hall–Kier alpha value is -9.57. The van der Waals surface area contributed by atoms with Gasteiger partial charge in [0.2, 0.25) is 23.5 Å². The van der Waals surface area contributed by atoms with Gasteiger partial charge >= 0.3 is 30.6 Å². The topological polar surface area (TPSA) is 248 Å². The highest BCUT2D eigenvalue weighted by molar-refractivity contribution is 6.38. The minimum Gasteiger partial charge on any atom is -0.450 e. The quantitative estimate of drug-likeness (QED) is 0.0571. The fourth-order valence-corrected chi connectivity index (χ4v) is 18.0. The van der Waals surface area contributed by atoms with Crippen LogP contribution in [0.3, 0.4) is 0 Å². The Morgan fingerprint density at radius 3 is 1.24 bits per heavy atom. The average Bonchev–Trinajstić information content (AvgIpc) is 1.57. The number of aryl methyl sites for hydroxylation is 1. The molecule has 3 aromatic heterocycles. The Labute approximate surface area is 642 Å². The maximum atomic E-state index is 13.9. The summed E-state index contributed by atoms with van der Waals surface area (Å²) in [6.07, 6.45) is -0.576. The second-order valence-electron chi connectivity index (χ2n) is 31.8. The van der Waals surface area contributed by atoms with E-state index < -0.39 is 53.6 Å². The summed E-state index contributed by atoms with van der Waals surface area (Å²) >= 11 is 0. The van der Waals surface area contributed by atoms with Crippen molar-refractivity contribution in [1.82, 2.24) is 43.8 Å². The fourth-order valence-electron chi connectivity index (χ4n) is 18.0. The number of hydrogen-bond acceptors (Lipinski definition) is 14. The molecule has 0 radical (unpaired) electrons. The molecule has 4 unspecified atom stereocenters. The number of likely N-dealkylation sites (tertiary alicyclic amines) is 3. The minimum atomic E-state index is -4.21. The number of carbonyl (C=O) groups is 8. The van der Waals surface area contributed by atoms with Crippen LogP contribution in [-0.4, -0.2) is 162 Å². The minimum absolute atomic E-state index is 0.00810. The third kappa shape index (κ3) is 15.6. The number of nitrogens with one attached hydrogen (secondary N) is 1. The number of hydrogen-bond donors (Lipinski definition) is 1. The number of fused-ring (bicyclic) bond motifs is 9. The van der Waals surface area contributed by atoms with E-state index in [4.69, 9.17) is 29.2 Å². The van der Waals surface area contributed by atoms with Crippen molar-refractivity contribution < 1.29 is 78.9 Å². The zero-order valence-electron chi connectivity index (χ0n) is 64.5. The van der Waals surface area contributed by atoms with Gasteiger partial charge in [-0.05, 0) is 146 Å². The van der Waals surface area contributed by atoms with Gasteiger partial charge in [0.05, 0.1) is 56.0 Å². The number of ketones is 2. The van der Waals surface area contributed by atoms with Crippen molar-refractivity contribution in [3.63, 3.8) is 0 Å². The predicted molar refractivity (Wildman–Crippen MR) is 399 cm³/mol. The number of Topliss-reactive ketones (excluding diaryl/α,β-unsaturated/α-hetero) is 2. The van der Waals surface area contributed by atoms with E-state index in [9.17, 15) is 64.7 Å². The Balaban J connectivity index is 0.000000139. The first-order valence-corrected chi connectivity index (χ1v) is 39.4. The number of para-hydroxylation sites is 3.